The first-order valence-electron chi connectivity index (χ1n) is 22.9. The standard InChI is InChI=1S/C43H63BN3O19P3S4/c1-8-46-33-20-18-29(72(56,57)58)23-31(33)42(4,5)37(46)15-11-9-12-16-38-43(6,7)32-24-30(73(59,60)61)19-21-34(32)47(38)22-14-10-13-17-40(48)45-27-41(2,3)71-70-28-62-35-25-39(44)64-36(35)26-63-68(52,53)66-69(54,55)65-67(49,50)51/h9,11-12,15-16,18-21,23-24,35-36,39H,8,10,13-14,17,22,25-28,44H2,1-7H3,(H6-,45,48,49,50,51,52,53,54,55,56,57,58,59,60,61)/p+1/t35?,36-,39-/m1/s1. The number of carbonyl (C=O) groups is 1. The number of allylic oxidation sites excluding steroid dienone is 6. The van der Waals surface area contributed by atoms with Crippen molar-refractivity contribution in [3.8, 4) is 0 Å². The van der Waals surface area contributed by atoms with Crippen molar-refractivity contribution in [1.82, 2.24) is 5.32 Å². The lowest BCUT2D eigenvalue weighted by molar-refractivity contribution is -0.438. The summed E-state index contributed by atoms with van der Waals surface area (Å²) < 4.78 is 128. The summed E-state index contributed by atoms with van der Waals surface area (Å²) in [5, 5.41) is 2.99. The number of amides is 1. The summed E-state index contributed by atoms with van der Waals surface area (Å²) in [7, 11) is -20.9. The van der Waals surface area contributed by atoms with E-state index >= 15 is 0 Å². The number of likely N-dealkylation sites (N-methyl/N-ethyl adjacent to an activating group) is 1. The average Bonchev–Trinajstić information content (AvgIpc) is 3.80. The molecule has 2 aromatic carbocycles. The first-order valence-corrected chi connectivity index (χ1v) is 32.6. The number of anilines is 1. The number of nitrogens with one attached hydrogen (secondary N) is 1. The van der Waals surface area contributed by atoms with E-state index in [4.69, 9.17) is 23.8 Å². The zero-order valence-electron chi connectivity index (χ0n) is 41.5. The Morgan fingerprint density at radius 2 is 1.56 bits per heavy atom. The summed E-state index contributed by atoms with van der Waals surface area (Å²) in [6.45, 7) is 14.7. The summed E-state index contributed by atoms with van der Waals surface area (Å²) in [6.07, 6.45) is 10.8. The molecule has 0 saturated carbocycles. The number of ether oxygens (including phenoxy) is 2. The van der Waals surface area contributed by atoms with Crippen molar-refractivity contribution < 1.29 is 91.2 Å². The fraction of sp³-hybridized carbons (Fsp3) is 0.535. The minimum Gasteiger partial charge on any atom is -0.379 e. The van der Waals surface area contributed by atoms with Gasteiger partial charge in [-0.1, -0.05) is 53.7 Å². The molecule has 30 heteroatoms. The third-order valence-corrected chi connectivity index (χ3v) is 20.6. The van der Waals surface area contributed by atoms with Gasteiger partial charge in [-0.05, 0) is 95.9 Å². The van der Waals surface area contributed by atoms with Gasteiger partial charge in [0.2, 0.25) is 11.6 Å². The maximum Gasteiger partial charge on any atom is 0.490 e. The smallest absolute Gasteiger partial charge is 0.379 e. The van der Waals surface area contributed by atoms with Crippen molar-refractivity contribution in [1.29, 1.82) is 0 Å². The molecule has 0 spiro atoms. The van der Waals surface area contributed by atoms with E-state index in [-0.39, 0.29) is 34.1 Å². The molecule has 7 N–H and O–H groups in total. The van der Waals surface area contributed by atoms with Crippen molar-refractivity contribution in [3.63, 3.8) is 0 Å². The van der Waals surface area contributed by atoms with Gasteiger partial charge in [-0.25, -0.2) is 13.7 Å². The Balaban J connectivity index is 1.13. The van der Waals surface area contributed by atoms with Crippen LogP contribution in [0.5, 0.6) is 0 Å². The predicted octanol–water partition coefficient (Wildman–Crippen LogP) is 6.64. The van der Waals surface area contributed by atoms with Crippen LogP contribution < -0.4 is 10.2 Å². The Labute approximate surface area is 435 Å². The van der Waals surface area contributed by atoms with Crippen LogP contribution in [0.1, 0.15) is 91.7 Å². The van der Waals surface area contributed by atoms with Crippen molar-refractivity contribution in [2.45, 2.75) is 124 Å². The number of fused-ring (bicyclic) bond motifs is 2. The molecule has 1 amide bonds. The summed E-state index contributed by atoms with van der Waals surface area (Å²) in [4.78, 5) is 51.3. The second-order valence-corrected chi connectivity index (χ2v) is 29.3. The molecule has 73 heavy (non-hydrogen) atoms. The SMILES string of the molecule is B[C@H]1CC(OCSSC(C)(C)CNC(=O)CCCCC[N+]2=C(/C=C/C=C/C=C3/N(CC)c4ccc(S(=O)(=O)O)cc4C3(C)C)C(C)(C)c3cc(S(=O)(=O)O)ccc32)[C@@H](COP(=O)(O)OP(=O)(O)OP(=O)(O)O)O1. The Morgan fingerprint density at radius 3 is 2.19 bits per heavy atom. The average molecular weight is 1160 g/mol. The van der Waals surface area contributed by atoms with Crippen LogP contribution in [0.25, 0.3) is 0 Å². The third-order valence-electron chi connectivity index (χ3n) is 12.2. The highest BCUT2D eigenvalue weighted by atomic mass is 33.1. The Kier molecular flexibility index (Phi) is 20.2. The number of phosphoric ester groups is 1. The van der Waals surface area contributed by atoms with Gasteiger partial charge >= 0.3 is 23.5 Å². The largest absolute Gasteiger partial charge is 0.490 e. The van der Waals surface area contributed by atoms with Gasteiger partial charge in [-0.3, -0.25) is 18.4 Å². The molecule has 1 saturated heterocycles. The Hall–Kier alpha value is -2.49. The Bertz CT molecular complexity index is 2890. The molecule has 1 fully saturated rings. The van der Waals surface area contributed by atoms with Crippen LogP contribution in [0.4, 0.5) is 11.4 Å². The molecule has 0 aromatic heterocycles. The van der Waals surface area contributed by atoms with Crippen LogP contribution >= 0.6 is 45.1 Å². The van der Waals surface area contributed by atoms with Crippen LogP contribution in [0.3, 0.4) is 0 Å². The number of benzene rings is 2. The van der Waals surface area contributed by atoms with Crippen molar-refractivity contribution in [2.75, 3.05) is 37.1 Å². The topological polar surface area (TPSA) is 322 Å². The van der Waals surface area contributed by atoms with Gasteiger partial charge in [0, 0.05) is 71.2 Å². The van der Waals surface area contributed by atoms with Crippen LogP contribution in [0, 0.1) is 0 Å². The fourth-order valence-electron chi connectivity index (χ4n) is 8.74. The molecule has 5 rings (SSSR count). The molecule has 0 aliphatic carbocycles. The first kappa shape index (κ1) is 61.4. The number of hydrogen-bond donors (Lipinski definition) is 7. The van der Waals surface area contributed by atoms with Gasteiger partial charge in [0.15, 0.2) is 5.71 Å². The molecular weight excluding hydrogens is 1090 g/mol. The minimum absolute atomic E-state index is 0.122. The summed E-state index contributed by atoms with van der Waals surface area (Å²) >= 11 is 0. The van der Waals surface area contributed by atoms with Crippen molar-refractivity contribution >= 4 is 96.1 Å². The molecule has 22 nitrogen and oxygen atoms in total. The highest BCUT2D eigenvalue weighted by Gasteiger charge is 2.46. The summed E-state index contributed by atoms with van der Waals surface area (Å²) in [5.41, 5.74) is 3.75. The number of carbonyl (C=O) groups excluding carboxylic acids is 1. The van der Waals surface area contributed by atoms with Gasteiger partial charge in [-0.2, -0.15) is 30.0 Å². The number of rotatable bonds is 26. The zero-order chi connectivity index (χ0) is 54.6. The monoisotopic (exact) mass is 1160 g/mol. The maximum atomic E-state index is 13.0. The van der Waals surface area contributed by atoms with E-state index in [1.807, 2.05) is 78.8 Å². The highest BCUT2D eigenvalue weighted by Crippen LogP contribution is 2.66. The molecule has 406 valence electrons. The molecule has 3 aliphatic heterocycles. The highest BCUT2D eigenvalue weighted by molar-refractivity contribution is 8.77. The van der Waals surface area contributed by atoms with Crippen molar-refractivity contribution in [3.05, 3.63) is 83.6 Å². The van der Waals surface area contributed by atoms with E-state index in [1.54, 1.807) is 20.0 Å². The fourth-order valence-corrected chi connectivity index (χ4v) is 15.0. The number of nitrogens with zero attached hydrogens (tertiary/aromatic N) is 2. The van der Waals surface area contributed by atoms with Crippen LogP contribution in [-0.2, 0) is 72.2 Å². The molecular formula is C43H64BN3O19P3S4+. The molecule has 0 bridgehead atoms. The minimum atomic E-state index is -5.67. The molecule has 0 radical (unpaired) electrons. The zero-order valence-corrected chi connectivity index (χ0v) is 47.5. The lowest BCUT2D eigenvalue weighted by Gasteiger charge is -2.25. The van der Waals surface area contributed by atoms with Crippen molar-refractivity contribution in [2.24, 2.45) is 0 Å². The number of hydrogen-bond acceptors (Lipinski definition) is 16. The maximum absolute atomic E-state index is 13.0. The molecule has 2 aromatic rings. The van der Waals surface area contributed by atoms with Crippen LogP contribution in [-0.4, -0.2) is 125 Å². The van der Waals surface area contributed by atoms with E-state index < -0.39 is 78.1 Å². The summed E-state index contributed by atoms with van der Waals surface area (Å²) in [5.74, 6) is 0.0277. The quantitative estimate of drug-likeness (QED) is 0.00758. The molecule has 3 aliphatic rings. The third kappa shape index (κ3) is 16.8. The van der Waals surface area contributed by atoms with Gasteiger partial charge < -0.3 is 39.3 Å². The van der Waals surface area contributed by atoms with E-state index in [1.165, 1.54) is 45.9 Å². The van der Waals surface area contributed by atoms with Crippen LogP contribution in [0.2, 0.25) is 0 Å². The lowest BCUT2D eigenvalue weighted by atomic mass is 9.81. The second-order valence-electron chi connectivity index (χ2n) is 19.1. The van der Waals surface area contributed by atoms with E-state index in [2.05, 4.69) is 23.4 Å². The summed E-state index contributed by atoms with van der Waals surface area (Å²) in [6, 6.07) is 8.83. The van der Waals surface area contributed by atoms with E-state index in [9.17, 15) is 54.2 Å². The molecule has 5 atom stereocenters. The Morgan fingerprint density at radius 1 is 0.918 bits per heavy atom. The predicted molar refractivity (Wildman–Crippen MR) is 280 cm³/mol. The number of phosphoric acid groups is 3. The number of unbranched alkanes of at least 4 members (excludes halogenated alkanes) is 2. The van der Waals surface area contributed by atoms with E-state index in [0.29, 0.717) is 45.3 Å². The van der Waals surface area contributed by atoms with Gasteiger partial charge in [0.25, 0.3) is 20.2 Å². The first-order chi connectivity index (χ1) is 33.6. The normalized spacial score (nSPS) is 22.3. The van der Waals surface area contributed by atoms with E-state index in [0.717, 1.165) is 33.9 Å². The van der Waals surface area contributed by atoms with Crippen LogP contribution in [0.15, 0.2) is 82.3 Å². The molecule has 3 heterocycles. The van der Waals surface area contributed by atoms with Gasteiger partial charge in [0.1, 0.15) is 26.4 Å². The van der Waals surface area contributed by atoms with Gasteiger partial charge in [-0.15, -0.1) is 0 Å². The second kappa shape index (κ2) is 24.0. The van der Waals surface area contributed by atoms with Gasteiger partial charge in [0.05, 0.1) is 27.9 Å². The lowest BCUT2D eigenvalue weighted by Crippen LogP contribution is -2.35. The molecule has 3 unspecified atom stereocenters.